The standard InChI is InChI=1S/C24H25N3O2S/c1-2-16-29-21-10-8-19(9-11-21)17-22-23(28)25-24(30-22)27-14-12-26(13-15-27)18-20-6-4-3-5-7-20/h2-11,17H,1,12-16,18H2. The fourth-order valence-corrected chi connectivity index (χ4v) is 4.40. The van der Waals surface area contributed by atoms with E-state index < -0.39 is 0 Å². The molecule has 2 aliphatic rings. The molecule has 5 nitrogen and oxygen atoms in total. The summed E-state index contributed by atoms with van der Waals surface area (Å²) in [6.45, 7) is 8.78. The van der Waals surface area contributed by atoms with Crippen LogP contribution in [0.3, 0.4) is 0 Å². The number of piperazine rings is 1. The number of hydrogen-bond donors (Lipinski definition) is 0. The average Bonchev–Trinajstić information content (AvgIpc) is 3.14. The molecule has 2 aliphatic heterocycles. The van der Waals surface area contributed by atoms with E-state index in [2.05, 4.69) is 45.6 Å². The van der Waals surface area contributed by atoms with Gasteiger partial charge in [0.2, 0.25) is 0 Å². The lowest BCUT2D eigenvalue weighted by Gasteiger charge is -2.35. The number of amidine groups is 1. The van der Waals surface area contributed by atoms with Gasteiger partial charge >= 0.3 is 0 Å². The molecule has 0 atom stereocenters. The quantitative estimate of drug-likeness (QED) is 0.522. The molecule has 4 rings (SSSR count). The molecule has 0 radical (unpaired) electrons. The lowest BCUT2D eigenvalue weighted by molar-refractivity contribution is -0.113. The highest BCUT2D eigenvalue weighted by atomic mass is 32.2. The van der Waals surface area contributed by atoms with Crippen molar-refractivity contribution >= 4 is 28.9 Å². The van der Waals surface area contributed by atoms with Crippen LogP contribution in [0.1, 0.15) is 11.1 Å². The Bertz CT molecular complexity index is 946. The number of ether oxygens (including phenoxy) is 1. The summed E-state index contributed by atoms with van der Waals surface area (Å²) in [5.41, 5.74) is 2.29. The van der Waals surface area contributed by atoms with Gasteiger partial charge in [-0.1, -0.05) is 55.1 Å². The van der Waals surface area contributed by atoms with Crippen molar-refractivity contribution in [1.29, 1.82) is 0 Å². The van der Waals surface area contributed by atoms with E-state index in [0.717, 1.165) is 49.2 Å². The van der Waals surface area contributed by atoms with Crippen molar-refractivity contribution in [3.63, 3.8) is 0 Å². The fourth-order valence-electron chi connectivity index (χ4n) is 3.44. The second kappa shape index (κ2) is 9.78. The maximum atomic E-state index is 12.4. The van der Waals surface area contributed by atoms with E-state index in [-0.39, 0.29) is 5.91 Å². The minimum Gasteiger partial charge on any atom is -0.490 e. The number of carbonyl (C=O) groups is 1. The third kappa shape index (κ3) is 5.20. The van der Waals surface area contributed by atoms with Crippen LogP contribution in [0.4, 0.5) is 0 Å². The van der Waals surface area contributed by atoms with E-state index in [9.17, 15) is 4.79 Å². The lowest BCUT2D eigenvalue weighted by Crippen LogP contribution is -2.47. The molecule has 154 valence electrons. The average molecular weight is 420 g/mol. The molecular formula is C24H25N3O2S. The predicted molar refractivity (Wildman–Crippen MR) is 123 cm³/mol. The number of nitrogens with zero attached hydrogens (tertiary/aromatic N) is 3. The molecule has 30 heavy (non-hydrogen) atoms. The molecule has 2 aromatic rings. The Balaban J connectivity index is 1.32. The Morgan fingerprint density at radius 1 is 1.03 bits per heavy atom. The first-order valence-electron chi connectivity index (χ1n) is 10.1. The van der Waals surface area contributed by atoms with Crippen molar-refractivity contribution in [3.8, 4) is 5.75 Å². The second-order valence-corrected chi connectivity index (χ2v) is 8.24. The van der Waals surface area contributed by atoms with Crippen LogP contribution >= 0.6 is 11.8 Å². The summed E-state index contributed by atoms with van der Waals surface area (Å²) in [5.74, 6) is 0.626. The van der Waals surface area contributed by atoms with E-state index in [1.54, 1.807) is 6.08 Å². The molecule has 2 heterocycles. The summed E-state index contributed by atoms with van der Waals surface area (Å²) < 4.78 is 5.50. The molecule has 1 fully saturated rings. The first-order chi connectivity index (χ1) is 14.7. The molecule has 0 N–H and O–H groups in total. The van der Waals surface area contributed by atoms with Gasteiger partial charge in [0.15, 0.2) is 5.17 Å². The first kappa shape index (κ1) is 20.4. The van der Waals surface area contributed by atoms with Crippen molar-refractivity contribution in [1.82, 2.24) is 9.80 Å². The molecule has 0 saturated carbocycles. The summed E-state index contributed by atoms with van der Waals surface area (Å²) in [6.07, 6.45) is 3.61. The van der Waals surface area contributed by atoms with Crippen LogP contribution in [0, 0.1) is 0 Å². The maximum Gasteiger partial charge on any atom is 0.286 e. The van der Waals surface area contributed by atoms with Gasteiger partial charge < -0.3 is 9.64 Å². The van der Waals surface area contributed by atoms with Crippen LogP contribution < -0.4 is 4.74 Å². The Kier molecular flexibility index (Phi) is 6.67. The molecule has 2 aromatic carbocycles. The summed E-state index contributed by atoms with van der Waals surface area (Å²) in [4.78, 5) is 22.0. The lowest BCUT2D eigenvalue weighted by atomic mass is 10.2. The minimum atomic E-state index is -0.159. The van der Waals surface area contributed by atoms with Crippen LogP contribution in [-0.4, -0.2) is 53.7 Å². The number of rotatable bonds is 6. The Morgan fingerprint density at radius 3 is 2.47 bits per heavy atom. The molecule has 1 saturated heterocycles. The highest BCUT2D eigenvalue weighted by Crippen LogP contribution is 2.31. The highest BCUT2D eigenvalue weighted by Gasteiger charge is 2.28. The Morgan fingerprint density at radius 2 is 1.77 bits per heavy atom. The van der Waals surface area contributed by atoms with Gasteiger partial charge in [-0.25, -0.2) is 0 Å². The molecule has 0 aromatic heterocycles. The molecular weight excluding hydrogens is 394 g/mol. The summed E-state index contributed by atoms with van der Waals surface area (Å²) >= 11 is 1.47. The van der Waals surface area contributed by atoms with E-state index in [1.807, 2.05) is 36.4 Å². The Hall–Kier alpha value is -2.83. The number of hydrogen-bond acceptors (Lipinski definition) is 5. The topological polar surface area (TPSA) is 45.1 Å². The minimum absolute atomic E-state index is 0.159. The number of aliphatic imine (C=N–C) groups is 1. The van der Waals surface area contributed by atoms with Crippen LogP contribution in [-0.2, 0) is 11.3 Å². The summed E-state index contributed by atoms with van der Waals surface area (Å²) in [5, 5.41) is 0.816. The van der Waals surface area contributed by atoms with Crippen LogP contribution in [0.25, 0.3) is 6.08 Å². The molecule has 6 heteroatoms. The monoisotopic (exact) mass is 419 g/mol. The van der Waals surface area contributed by atoms with E-state index in [0.29, 0.717) is 11.5 Å². The van der Waals surface area contributed by atoms with E-state index in [4.69, 9.17) is 4.74 Å². The van der Waals surface area contributed by atoms with Gasteiger partial charge in [-0.15, -0.1) is 0 Å². The van der Waals surface area contributed by atoms with Crippen molar-refractivity contribution in [2.75, 3.05) is 32.8 Å². The molecule has 0 unspecified atom stereocenters. The van der Waals surface area contributed by atoms with Crippen molar-refractivity contribution < 1.29 is 9.53 Å². The fraction of sp³-hybridized carbons (Fsp3) is 0.250. The van der Waals surface area contributed by atoms with Crippen LogP contribution in [0.2, 0.25) is 0 Å². The van der Waals surface area contributed by atoms with E-state index in [1.165, 1.54) is 17.3 Å². The predicted octanol–water partition coefficient (Wildman–Crippen LogP) is 4.04. The third-order valence-corrected chi connectivity index (χ3v) is 6.09. The molecule has 0 bridgehead atoms. The van der Waals surface area contributed by atoms with Crippen molar-refractivity contribution in [2.24, 2.45) is 4.99 Å². The number of carbonyl (C=O) groups excluding carboxylic acids is 1. The van der Waals surface area contributed by atoms with Gasteiger partial charge in [-0.2, -0.15) is 4.99 Å². The number of benzene rings is 2. The summed E-state index contributed by atoms with van der Waals surface area (Å²) in [7, 11) is 0. The first-order valence-corrected chi connectivity index (χ1v) is 10.9. The van der Waals surface area contributed by atoms with Gasteiger partial charge in [-0.3, -0.25) is 9.69 Å². The van der Waals surface area contributed by atoms with Gasteiger partial charge in [0.05, 0.1) is 4.91 Å². The van der Waals surface area contributed by atoms with Gasteiger partial charge in [0.1, 0.15) is 12.4 Å². The molecule has 0 spiro atoms. The SMILES string of the molecule is C=CCOc1ccc(C=C2SC(N3CCN(Cc4ccccc4)CC3)=NC2=O)cc1. The zero-order valence-electron chi connectivity index (χ0n) is 16.9. The third-order valence-electron chi connectivity index (χ3n) is 5.05. The van der Waals surface area contributed by atoms with E-state index >= 15 is 0 Å². The zero-order valence-corrected chi connectivity index (χ0v) is 17.7. The largest absolute Gasteiger partial charge is 0.490 e. The van der Waals surface area contributed by atoms with Gasteiger partial charge in [0, 0.05) is 32.7 Å². The molecule has 0 aliphatic carbocycles. The van der Waals surface area contributed by atoms with Gasteiger partial charge in [0.25, 0.3) is 5.91 Å². The smallest absolute Gasteiger partial charge is 0.286 e. The maximum absolute atomic E-state index is 12.4. The van der Waals surface area contributed by atoms with Crippen LogP contribution in [0.15, 0.2) is 77.1 Å². The van der Waals surface area contributed by atoms with Gasteiger partial charge in [-0.05, 0) is 41.1 Å². The Labute approximate surface area is 181 Å². The normalized spacial score (nSPS) is 18.5. The van der Waals surface area contributed by atoms with Crippen molar-refractivity contribution in [2.45, 2.75) is 6.54 Å². The summed E-state index contributed by atoms with van der Waals surface area (Å²) in [6, 6.07) is 18.2. The number of amides is 1. The second-order valence-electron chi connectivity index (χ2n) is 7.23. The van der Waals surface area contributed by atoms with Crippen molar-refractivity contribution in [3.05, 3.63) is 83.3 Å². The number of thioether (sulfide) groups is 1. The van der Waals surface area contributed by atoms with Crippen LogP contribution in [0.5, 0.6) is 5.75 Å². The highest BCUT2D eigenvalue weighted by molar-refractivity contribution is 8.18. The molecule has 1 amide bonds. The zero-order chi connectivity index (χ0) is 20.8.